The molecule has 398 valence electrons. The van der Waals surface area contributed by atoms with Crippen LogP contribution in [0.2, 0.25) is 0 Å². The second-order valence-electron chi connectivity index (χ2n) is 21.9. The van der Waals surface area contributed by atoms with Gasteiger partial charge in [0, 0.05) is 19.3 Å². The molecule has 0 saturated carbocycles. The zero-order valence-electron chi connectivity index (χ0n) is 46.2. The second kappa shape index (κ2) is 52.2. The van der Waals surface area contributed by atoms with Crippen LogP contribution in [0, 0.1) is 17.8 Å². The van der Waals surface area contributed by atoms with Gasteiger partial charge in [-0.3, -0.25) is 14.4 Å². The van der Waals surface area contributed by atoms with Crippen molar-refractivity contribution >= 4 is 17.9 Å². The number of hydrogen-bond acceptors (Lipinski definition) is 6. The summed E-state index contributed by atoms with van der Waals surface area (Å²) in [6.45, 7) is 13.8. The van der Waals surface area contributed by atoms with Gasteiger partial charge in [-0.05, 0) is 37.0 Å². The summed E-state index contributed by atoms with van der Waals surface area (Å²) in [7, 11) is 0. The van der Waals surface area contributed by atoms with Crippen LogP contribution in [0.1, 0.15) is 337 Å². The van der Waals surface area contributed by atoms with Crippen LogP contribution in [0.15, 0.2) is 0 Å². The molecule has 0 fully saturated rings. The Labute approximate surface area is 418 Å². The van der Waals surface area contributed by atoms with Crippen LogP contribution in [-0.4, -0.2) is 37.2 Å². The molecule has 2 unspecified atom stereocenters. The lowest BCUT2D eigenvalue weighted by Gasteiger charge is -2.18. The molecule has 0 saturated heterocycles. The zero-order chi connectivity index (χ0) is 49.1. The molecule has 0 N–H and O–H groups in total. The number of ether oxygens (including phenoxy) is 3. The van der Waals surface area contributed by atoms with Crippen LogP contribution in [0.4, 0.5) is 0 Å². The molecule has 0 amide bonds. The van der Waals surface area contributed by atoms with E-state index >= 15 is 0 Å². The third-order valence-electron chi connectivity index (χ3n) is 14.6. The summed E-state index contributed by atoms with van der Waals surface area (Å²) in [4.78, 5) is 38.2. The monoisotopic (exact) mass is 947 g/mol. The smallest absolute Gasteiger partial charge is 0.306 e. The molecule has 0 bridgehead atoms. The normalized spacial score (nSPS) is 12.9. The number of esters is 3. The summed E-state index contributed by atoms with van der Waals surface area (Å²) >= 11 is 0. The van der Waals surface area contributed by atoms with Crippen molar-refractivity contribution in [2.75, 3.05) is 13.2 Å². The first-order chi connectivity index (χ1) is 32.7. The number of carbonyl (C=O) groups excluding carboxylic acids is 3. The Kier molecular flexibility index (Phi) is 51.0. The zero-order valence-corrected chi connectivity index (χ0v) is 46.2. The van der Waals surface area contributed by atoms with Gasteiger partial charge in [0.2, 0.25) is 0 Å². The third-order valence-corrected chi connectivity index (χ3v) is 14.6. The van der Waals surface area contributed by atoms with Gasteiger partial charge >= 0.3 is 17.9 Å². The first kappa shape index (κ1) is 65.4. The molecule has 0 aliphatic heterocycles. The Morgan fingerprint density at radius 3 is 0.776 bits per heavy atom. The SMILES string of the molecule is CCC(C)CCCCCCCCCCCCCCCCC(=O)OC[C@H](COC(=O)CCCCCCCCCCCCC(C)C)OC(=O)CCCCCCCCCCCCCCCCC(C)CC. The first-order valence-electron chi connectivity index (χ1n) is 30.2. The summed E-state index contributed by atoms with van der Waals surface area (Å²) in [5.74, 6) is 1.77. The van der Waals surface area contributed by atoms with E-state index in [9.17, 15) is 14.4 Å². The molecule has 0 aromatic rings. The maximum absolute atomic E-state index is 12.9. The summed E-state index contributed by atoms with van der Waals surface area (Å²) in [6, 6.07) is 0. The van der Waals surface area contributed by atoms with E-state index in [4.69, 9.17) is 14.2 Å². The van der Waals surface area contributed by atoms with Crippen molar-refractivity contribution in [3.05, 3.63) is 0 Å². The molecule has 0 spiro atoms. The van der Waals surface area contributed by atoms with E-state index < -0.39 is 6.10 Å². The average Bonchev–Trinajstić information content (AvgIpc) is 3.31. The lowest BCUT2D eigenvalue weighted by molar-refractivity contribution is -0.167. The molecular weight excluding hydrogens is 829 g/mol. The highest BCUT2D eigenvalue weighted by atomic mass is 16.6. The molecule has 67 heavy (non-hydrogen) atoms. The standard InChI is InChI=1S/C61H118O6/c1-7-56(5)48-42-36-30-24-17-13-9-11-15-19-26-32-38-44-50-59(62)65-53-58(54-66-60(63)51-45-39-33-27-22-21-23-29-35-41-47-55(3)4)67-61(64)52-46-40-34-28-20-16-12-10-14-18-25-31-37-43-49-57(6)8-2/h55-58H,7-54H2,1-6H3/t56?,57?,58-/m1/s1. The topological polar surface area (TPSA) is 78.9 Å². The van der Waals surface area contributed by atoms with Crippen molar-refractivity contribution in [3.63, 3.8) is 0 Å². The Morgan fingerprint density at radius 2 is 0.522 bits per heavy atom. The number of rotatable bonds is 54. The molecule has 0 aliphatic rings. The fourth-order valence-corrected chi connectivity index (χ4v) is 9.29. The molecule has 0 rings (SSSR count). The Balaban J connectivity index is 4.30. The lowest BCUT2D eigenvalue weighted by Crippen LogP contribution is -2.30. The van der Waals surface area contributed by atoms with E-state index in [2.05, 4.69) is 41.5 Å². The molecule has 0 aliphatic carbocycles. The Bertz CT molecular complexity index is 1040. The van der Waals surface area contributed by atoms with Crippen LogP contribution in [0.3, 0.4) is 0 Å². The van der Waals surface area contributed by atoms with Gasteiger partial charge in [-0.15, -0.1) is 0 Å². The van der Waals surface area contributed by atoms with Gasteiger partial charge in [-0.2, -0.15) is 0 Å². The van der Waals surface area contributed by atoms with Gasteiger partial charge in [-0.1, -0.05) is 298 Å². The first-order valence-corrected chi connectivity index (χ1v) is 30.2. The highest BCUT2D eigenvalue weighted by Crippen LogP contribution is 2.19. The largest absolute Gasteiger partial charge is 0.462 e. The van der Waals surface area contributed by atoms with Crippen molar-refractivity contribution in [1.82, 2.24) is 0 Å². The van der Waals surface area contributed by atoms with E-state index in [1.165, 1.54) is 218 Å². The lowest BCUT2D eigenvalue weighted by atomic mass is 9.99. The van der Waals surface area contributed by atoms with Crippen molar-refractivity contribution in [1.29, 1.82) is 0 Å². The number of hydrogen-bond donors (Lipinski definition) is 0. The molecule has 0 aromatic heterocycles. The molecule has 0 aromatic carbocycles. The summed E-state index contributed by atoms with van der Waals surface area (Å²) in [5, 5.41) is 0. The van der Waals surface area contributed by atoms with E-state index in [1.54, 1.807) is 0 Å². The quantitative estimate of drug-likeness (QED) is 0.0343. The van der Waals surface area contributed by atoms with Crippen molar-refractivity contribution < 1.29 is 28.6 Å². The predicted octanol–water partition coefficient (Wildman–Crippen LogP) is 19.9. The van der Waals surface area contributed by atoms with Crippen LogP contribution in [-0.2, 0) is 28.6 Å². The van der Waals surface area contributed by atoms with E-state index in [1.807, 2.05) is 0 Å². The fraction of sp³-hybridized carbons (Fsp3) is 0.951. The molecule has 0 radical (unpaired) electrons. The summed E-state index contributed by atoms with van der Waals surface area (Å²) in [5.41, 5.74) is 0. The van der Waals surface area contributed by atoms with Gasteiger partial charge in [0.05, 0.1) is 0 Å². The summed E-state index contributed by atoms with van der Waals surface area (Å²) < 4.78 is 16.9. The van der Waals surface area contributed by atoms with Crippen LogP contribution in [0.25, 0.3) is 0 Å². The third kappa shape index (κ3) is 52.1. The number of carbonyl (C=O) groups is 3. The highest BCUT2D eigenvalue weighted by molar-refractivity contribution is 5.71. The maximum atomic E-state index is 12.9. The van der Waals surface area contributed by atoms with Crippen LogP contribution < -0.4 is 0 Å². The highest BCUT2D eigenvalue weighted by Gasteiger charge is 2.19. The molecule has 6 nitrogen and oxygen atoms in total. The minimum atomic E-state index is -0.764. The predicted molar refractivity (Wildman–Crippen MR) is 289 cm³/mol. The van der Waals surface area contributed by atoms with Gasteiger partial charge in [-0.25, -0.2) is 0 Å². The van der Waals surface area contributed by atoms with Gasteiger partial charge in [0.15, 0.2) is 6.10 Å². The van der Waals surface area contributed by atoms with E-state index in [-0.39, 0.29) is 31.1 Å². The van der Waals surface area contributed by atoms with Crippen molar-refractivity contribution in [2.45, 2.75) is 343 Å². The Hall–Kier alpha value is -1.59. The second-order valence-corrected chi connectivity index (χ2v) is 21.9. The maximum Gasteiger partial charge on any atom is 0.306 e. The minimum absolute atomic E-state index is 0.0633. The minimum Gasteiger partial charge on any atom is -0.462 e. The summed E-state index contributed by atoms with van der Waals surface area (Å²) in [6.07, 6.45) is 55.1. The van der Waals surface area contributed by atoms with Crippen molar-refractivity contribution in [3.8, 4) is 0 Å². The van der Waals surface area contributed by atoms with E-state index in [0.29, 0.717) is 19.3 Å². The number of unbranched alkanes of at least 4 members (excludes halogenated alkanes) is 35. The Morgan fingerprint density at radius 1 is 0.299 bits per heavy atom. The average molecular weight is 948 g/mol. The molecule has 3 atom stereocenters. The van der Waals surface area contributed by atoms with Crippen LogP contribution in [0.5, 0.6) is 0 Å². The molecule has 6 heteroatoms. The molecule has 0 heterocycles. The van der Waals surface area contributed by atoms with Crippen molar-refractivity contribution in [2.24, 2.45) is 17.8 Å². The van der Waals surface area contributed by atoms with Crippen LogP contribution >= 0.6 is 0 Å². The van der Waals surface area contributed by atoms with E-state index in [0.717, 1.165) is 75.5 Å². The molecular formula is C61H118O6. The fourth-order valence-electron chi connectivity index (χ4n) is 9.29. The van der Waals surface area contributed by atoms with Gasteiger partial charge < -0.3 is 14.2 Å². The van der Waals surface area contributed by atoms with Gasteiger partial charge in [0.1, 0.15) is 13.2 Å². The van der Waals surface area contributed by atoms with Gasteiger partial charge in [0.25, 0.3) is 0 Å².